The summed E-state index contributed by atoms with van der Waals surface area (Å²) in [5.41, 5.74) is 6.23. The van der Waals surface area contributed by atoms with Gasteiger partial charge in [0.25, 0.3) is 0 Å². The zero-order chi connectivity index (χ0) is 17.1. The molecular formula is C15H25ClN2O4S. The molecule has 1 aromatic rings. The lowest BCUT2D eigenvalue weighted by Gasteiger charge is -2.28. The Labute approximate surface area is 144 Å². The van der Waals surface area contributed by atoms with Gasteiger partial charge in [-0.25, -0.2) is 17.5 Å². The van der Waals surface area contributed by atoms with Crippen molar-refractivity contribution >= 4 is 28.4 Å². The van der Waals surface area contributed by atoms with Gasteiger partial charge >= 0.3 is 5.97 Å². The molecule has 132 valence electrons. The lowest BCUT2D eigenvalue weighted by molar-refractivity contribution is 0.0599. The fourth-order valence-corrected chi connectivity index (χ4v) is 3.41. The Morgan fingerprint density at radius 2 is 1.91 bits per heavy atom. The van der Waals surface area contributed by atoms with Crippen LogP contribution in [0.1, 0.15) is 29.8 Å². The van der Waals surface area contributed by atoms with Gasteiger partial charge in [0.15, 0.2) is 0 Å². The molecule has 0 amide bonds. The average molecular weight is 365 g/mol. The first-order valence-electron chi connectivity index (χ1n) is 6.90. The third-order valence-electron chi connectivity index (χ3n) is 3.53. The van der Waals surface area contributed by atoms with Crippen LogP contribution in [0.4, 0.5) is 0 Å². The number of carbonyl (C=O) groups excluding carboxylic acids is 1. The van der Waals surface area contributed by atoms with E-state index < -0.39 is 16.0 Å². The van der Waals surface area contributed by atoms with Gasteiger partial charge in [-0.2, -0.15) is 0 Å². The van der Waals surface area contributed by atoms with Crippen LogP contribution >= 0.6 is 12.4 Å². The van der Waals surface area contributed by atoms with Gasteiger partial charge in [0, 0.05) is 13.6 Å². The zero-order valence-electron chi connectivity index (χ0n) is 14.1. The van der Waals surface area contributed by atoms with Crippen LogP contribution in [0.15, 0.2) is 23.1 Å². The molecule has 23 heavy (non-hydrogen) atoms. The Balaban J connectivity index is 0.00000484. The smallest absolute Gasteiger partial charge is 0.338 e. The quantitative estimate of drug-likeness (QED) is 0.777. The number of methoxy groups -OCH3 is 1. The molecular weight excluding hydrogens is 340 g/mol. The number of sulfonamides is 1. The van der Waals surface area contributed by atoms with Crippen molar-refractivity contribution in [3.8, 4) is 0 Å². The van der Waals surface area contributed by atoms with Gasteiger partial charge in [0.2, 0.25) is 10.0 Å². The monoisotopic (exact) mass is 364 g/mol. The molecule has 0 aliphatic heterocycles. The molecule has 1 aromatic carbocycles. The van der Waals surface area contributed by atoms with E-state index in [2.05, 4.69) is 4.74 Å². The van der Waals surface area contributed by atoms with Gasteiger partial charge in [-0.15, -0.1) is 12.4 Å². The maximum absolute atomic E-state index is 12.6. The molecule has 0 aromatic heterocycles. The minimum atomic E-state index is -3.69. The van der Waals surface area contributed by atoms with Crippen molar-refractivity contribution in [2.75, 3.05) is 27.2 Å². The highest BCUT2D eigenvalue weighted by atomic mass is 35.5. The van der Waals surface area contributed by atoms with Gasteiger partial charge < -0.3 is 10.5 Å². The maximum atomic E-state index is 12.6. The van der Waals surface area contributed by atoms with Crippen molar-refractivity contribution < 1.29 is 17.9 Å². The summed E-state index contributed by atoms with van der Waals surface area (Å²) in [6.45, 7) is 6.17. The standard InChI is InChI=1S/C15H24N2O4S.ClH/c1-11-6-7-12(8-13(11)14(18)21-5)22(19,20)17(4)10-15(2,3)9-16;/h6-8H,9-10,16H2,1-5H3;1H. The number of nitrogens with zero attached hydrogens (tertiary/aromatic N) is 1. The van der Waals surface area contributed by atoms with Crippen LogP contribution < -0.4 is 5.73 Å². The van der Waals surface area contributed by atoms with Crippen molar-refractivity contribution in [1.82, 2.24) is 4.31 Å². The number of hydrogen-bond donors (Lipinski definition) is 1. The van der Waals surface area contributed by atoms with E-state index in [1.165, 1.54) is 30.6 Å². The molecule has 0 radical (unpaired) electrons. The van der Waals surface area contributed by atoms with E-state index in [4.69, 9.17) is 5.73 Å². The van der Waals surface area contributed by atoms with Crippen molar-refractivity contribution in [3.05, 3.63) is 29.3 Å². The summed E-state index contributed by atoms with van der Waals surface area (Å²) in [5, 5.41) is 0. The molecule has 6 nitrogen and oxygen atoms in total. The first-order chi connectivity index (χ1) is 10.0. The highest BCUT2D eigenvalue weighted by Crippen LogP contribution is 2.23. The molecule has 0 unspecified atom stereocenters. The largest absolute Gasteiger partial charge is 0.465 e. The maximum Gasteiger partial charge on any atom is 0.338 e. The molecule has 0 saturated heterocycles. The molecule has 0 bridgehead atoms. The van der Waals surface area contributed by atoms with Crippen molar-refractivity contribution in [2.24, 2.45) is 11.1 Å². The summed E-state index contributed by atoms with van der Waals surface area (Å²) >= 11 is 0. The lowest BCUT2D eigenvalue weighted by atomic mass is 9.94. The predicted octanol–water partition coefficient (Wildman–Crippen LogP) is 1.81. The number of hydrogen-bond acceptors (Lipinski definition) is 5. The Bertz CT molecular complexity index is 659. The zero-order valence-corrected chi connectivity index (χ0v) is 15.8. The van der Waals surface area contributed by atoms with E-state index in [1.54, 1.807) is 13.0 Å². The molecule has 8 heteroatoms. The van der Waals surface area contributed by atoms with Crippen LogP contribution in [-0.2, 0) is 14.8 Å². The molecule has 0 atom stereocenters. The van der Waals surface area contributed by atoms with E-state index in [9.17, 15) is 13.2 Å². The predicted molar refractivity (Wildman–Crippen MR) is 92.4 cm³/mol. The van der Waals surface area contributed by atoms with Gasteiger partial charge in [-0.1, -0.05) is 19.9 Å². The molecule has 1 rings (SSSR count). The fraction of sp³-hybridized carbons (Fsp3) is 0.533. The van der Waals surface area contributed by atoms with E-state index in [1.807, 2.05) is 13.8 Å². The normalized spacial score (nSPS) is 12.0. The molecule has 0 heterocycles. The second kappa shape index (κ2) is 8.10. The van der Waals surface area contributed by atoms with Gasteiger partial charge in [-0.05, 0) is 36.6 Å². The topological polar surface area (TPSA) is 89.7 Å². The number of nitrogens with two attached hydrogens (primary N) is 1. The van der Waals surface area contributed by atoms with Crippen LogP contribution in [0, 0.1) is 12.3 Å². The van der Waals surface area contributed by atoms with Crippen LogP contribution in [0.3, 0.4) is 0 Å². The molecule has 0 aliphatic carbocycles. The van der Waals surface area contributed by atoms with Crippen LogP contribution in [0.5, 0.6) is 0 Å². The molecule has 2 N–H and O–H groups in total. The molecule has 0 spiro atoms. The van der Waals surface area contributed by atoms with Crippen molar-refractivity contribution in [2.45, 2.75) is 25.7 Å². The number of rotatable bonds is 6. The van der Waals surface area contributed by atoms with Crippen LogP contribution in [0.25, 0.3) is 0 Å². The number of carbonyl (C=O) groups is 1. The summed E-state index contributed by atoms with van der Waals surface area (Å²) in [7, 11) is -0.926. The Kier molecular flexibility index (Phi) is 7.69. The fourth-order valence-electron chi connectivity index (χ4n) is 2.02. The minimum Gasteiger partial charge on any atom is -0.465 e. The third-order valence-corrected chi connectivity index (χ3v) is 5.33. The molecule has 0 fully saturated rings. The van der Waals surface area contributed by atoms with Crippen LogP contribution in [0.2, 0.25) is 0 Å². The van der Waals surface area contributed by atoms with E-state index in [0.717, 1.165) is 0 Å². The number of aryl methyl sites for hydroxylation is 1. The molecule has 0 saturated carbocycles. The first kappa shape index (κ1) is 21.9. The third kappa shape index (κ3) is 5.17. The van der Waals surface area contributed by atoms with E-state index in [0.29, 0.717) is 12.1 Å². The van der Waals surface area contributed by atoms with Gasteiger partial charge in [-0.3, -0.25) is 0 Å². The molecule has 0 aliphatic rings. The number of ether oxygens (including phenoxy) is 1. The highest BCUT2D eigenvalue weighted by Gasteiger charge is 2.28. The number of halogens is 1. The van der Waals surface area contributed by atoms with Gasteiger partial charge in [0.1, 0.15) is 0 Å². The van der Waals surface area contributed by atoms with Crippen molar-refractivity contribution in [1.29, 1.82) is 0 Å². The van der Waals surface area contributed by atoms with Crippen molar-refractivity contribution in [3.63, 3.8) is 0 Å². The Morgan fingerprint density at radius 3 is 2.39 bits per heavy atom. The first-order valence-corrected chi connectivity index (χ1v) is 8.34. The number of benzene rings is 1. The summed E-state index contributed by atoms with van der Waals surface area (Å²) in [6, 6.07) is 4.44. The lowest BCUT2D eigenvalue weighted by Crippen LogP contribution is -2.39. The van der Waals surface area contributed by atoms with E-state index in [-0.39, 0.29) is 34.8 Å². The minimum absolute atomic E-state index is 0. The van der Waals surface area contributed by atoms with E-state index >= 15 is 0 Å². The second-order valence-electron chi connectivity index (χ2n) is 6.10. The number of esters is 1. The summed E-state index contributed by atoms with van der Waals surface area (Å²) in [4.78, 5) is 11.8. The SMILES string of the molecule is COC(=O)c1cc(S(=O)(=O)N(C)CC(C)(C)CN)ccc1C.Cl. The second-order valence-corrected chi connectivity index (χ2v) is 8.14. The Morgan fingerprint density at radius 1 is 1.35 bits per heavy atom. The summed E-state index contributed by atoms with van der Waals surface area (Å²) in [6.07, 6.45) is 0. The van der Waals surface area contributed by atoms with Gasteiger partial charge in [0.05, 0.1) is 17.6 Å². The highest BCUT2D eigenvalue weighted by molar-refractivity contribution is 7.89. The summed E-state index contributed by atoms with van der Waals surface area (Å²) in [5.74, 6) is -0.556. The average Bonchev–Trinajstić information content (AvgIpc) is 2.46. The summed E-state index contributed by atoms with van der Waals surface area (Å²) < 4.78 is 31.2. The Hall–Kier alpha value is -1.15. The van der Waals surface area contributed by atoms with Crippen LogP contribution in [-0.4, -0.2) is 45.9 Å².